The van der Waals surface area contributed by atoms with Gasteiger partial charge >= 0.3 is 0 Å². The third-order valence-corrected chi connectivity index (χ3v) is 5.84. The maximum absolute atomic E-state index is 12.7. The lowest BCUT2D eigenvalue weighted by Gasteiger charge is -2.32. The zero-order chi connectivity index (χ0) is 14.8. The first-order valence-corrected chi connectivity index (χ1v) is 8.25. The Balaban J connectivity index is 2.28. The summed E-state index contributed by atoms with van der Waals surface area (Å²) < 4.78 is 32.2. The molecule has 0 radical (unpaired) electrons. The number of ether oxygens (including phenoxy) is 1. The molecule has 1 aromatic carbocycles. The molecule has 1 saturated heterocycles. The summed E-state index contributed by atoms with van der Waals surface area (Å²) in [5.74, 6) is 0.268. The van der Waals surface area contributed by atoms with Crippen LogP contribution in [-0.4, -0.2) is 39.5 Å². The van der Waals surface area contributed by atoms with Gasteiger partial charge in [-0.05, 0) is 43.4 Å². The molecule has 0 spiro atoms. The number of sulfonamides is 1. The second-order valence-electron chi connectivity index (χ2n) is 5.30. The largest absolute Gasteiger partial charge is 0.398 e. The lowest BCUT2D eigenvalue weighted by atomic mass is 10.0. The van der Waals surface area contributed by atoms with Gasteiger partial charge in [-0.1, -0.05) is 6.07 Å². The third-order valence-electron chi connectivity index (χ3n) is 3.83. The average Bonchev–Trinajstić information content (AvgIpc) is 2.42. The first-order valence-electron chi connectivity index (χ1n) is 6.81. The van der Waals surface area contributed by atoms with Crippen LogP contribution in [0.2, 0.25) is 0 Å². The molecule has 2 N–H and O–H groups in total. The summed E-state index contributed by atoms with van der Waals surface area (Å²) in [6, 6.07) is 5.03. The van der Waals surface area contributed by atoms with E-state index >= 15 is 0 Å². The molecule has 5 nitrogen and oxygen atoms in total. The Hall–Kier alpha value is -1.11. The van der Waals surface area contributed by atoms with Crippen LogP contribution >= 0.6 is 0 Å². The SMILES string of the molecule is COCC1CCCN(S(=O)(=O)c2cccc(N)c2C)C1. The lowest BCUT2D eigenvalue weighted by Crippen LogP contribution is -2.41. The molecule has 1 fully saturated rings. The summed E-state index contributed by atoms with van der Waals surface area (Å²) in [6.07, 6.45) is 1.88. The fourth-order valence-corrected chi connectivity index (χ4v) is 4.48. The topological polar surface area (TPSA) is 72.6 Å². The van der Waals surface area contributed by atoms with E-state index in [-0.39, 0.29) is 5.92 Å². The van der Waals surface area contributed by atoms with Crippen LogP contribution in [0.5, 0.6) is 0 Å². The number of rotatable bonds is 4. The maximum atomic E-state index is 12.7. The summed E-state index contributed by atoms with van der Waals surface area (Å²) in [4.78, 5) is 0.315. The number of anilines is 1. The molecule has 112 valence electrons. The molecule has 1 heterocycles. The molecule has 0 aliphatic carbocycles. The fourth-order valence-electron chi connectivity index (χ4n) is 2.67. The average molecular weight is 298 g/mol. The van der Waals surface area contributed by atoms with Gasteiger partial charge in [0.05, 0.1) is 11.5 Å². The van der Waals surface area contributed by atoms with E-state index in [4.69, 9.17) is 10.5 Å². The maximum Gasteiger partial charge on any atom is 0.243 e. The van der Waals surface area contributed by atoms with Gasteiger partial charge in [-0.15, -0.1) is 0 Å². The van der Waals surface area contributed by atoms with Crippen LogP contribution in [0.15, 0.2) is 23.1 Å². The van der Waals surface area contributed by atoms with Crippen LogP contribution in [-0.2, 0) is 14.8 Å². The quantitative estimate of drug-likeness (QED) is 0.857. The number of methoxy groups -OCH3 is 1. The van der Waals surface area contributed by atoms with Crippen LogP contribution in [0, 0.1) is 12.8 Å². The van der Waals surface area contributed by atoms with Crippen molar-refractivity contribution in [2.45, 2.75) is 24.7 Å². The Labute approximate surface area is 120 Å². The minimum absolute atomic E-state index is 0.268. The Morgan fingerprint density at radius 2 is 2.20 bits per heavy atom. The molecule has 0 bridgehead atoms. The van der Waals surface area contributed by atoms with Gasteiger partial charge in [-0.25, -0.2) is 8.42 Å². The van der Waals surface area contributed by atoms with Gasteiger partial charge in [0.1, 0.15) is 0 Å². The Bertz CT molecular complexity index is 570. The summed E-state index contributed by atoms with van der Waals surface area (Å²) in [5, 5.41) is 0. The molecular formula is C14H22N2O3S. The van der Waals surface area contributed by atoms with Gasteiger partial charge in [-0.2, -0.15) is 4.31 Å². The van der Waals surface area contributed by atoms with E-state index in [0.717, 1.165) is 12.8 Å². The van der Waals surface area contributed by atoms with Crippen molar-refractivity contribution in [3.8, 4) is 0 Å². The van der Waals surface area contributed by atoms with Crippen molar-refractivity contribution in [2.75, 3.05) is 32.5 Å². The summed E-state index contributed by atoms with van der Waals surface area (Å²) in [6.45, 7) is 3.43. The van der Waals surface area contributed by atoms with E-state index < -0.39 is 10.0 Å². The number of benzene rings is 1. The standard InChI is InChI=1S/C14H22N2O3S/c1-11-13(15)6-3-7-14(11)20(17,18)16-8-4-5-12(9-16)10-19-2/h3,6-7,12H,4-5,8-10,15H2,1-2H3. The second-order valence-corrected chi connectivity index (χ2v) is 7.20. The van der Waals surface area contributed by atoms with E-state index in [1.165, 1.54) is 0 Å². The first kappa shape index (κ1) is 15.3. The van der Waals surface area contributed by atoms with Crippen LogP contribution < -0.4 is 5.73 Å². The fraction of sp³-hybridized carbons (Fsp3) is 0.571. The van der Waals surface area contributed by atoms with Crippen LogP contribution in [0.3, 0.4) is 0 Å². The number of piperidine rings is 1. The predicted molar refractivity (Wildman–Crippen MR) is 79.0 cm³/mol. The van der Waals surface area contributed by atoms with Crippen molar-refractivity contribution in [3.63, 3.8) is 0 Å². The van der Waals surface area contributed by atoms with Gasteiger partial charge in [0.2, 0.25) is 10.0 Å². The predicted octanol–water partition coefficient (Wildman–Crippen LogP) is 1.62. The third kappa shape index (κ3) is 2.97. The molecule has 0 aromatic heterocycles. The molecule has 1 aromatic rings. The molecule has 1 unspecified atom stereocenters. The molecule has 2 rings (SSSR count). The Kier molecular flexibility index (Phi) is 4.67. The van der Waals surface area contributed by atoms with E-state index in [2.05, 4.69) is 0 Å². The van der Waals surface area contributed by atoms with E-state index in [9.17, 15) is 8.42 Å². The number of nitrogens with zero attached hydrogens (tertiary/aromatic N) is 1. The molecule has 1 aliphatic heterocycles. The molecule has 0 amide bonds. The van der Waals surface area contributed by atoms with Gasteiger partial charge < -0.3 is 10.5 Å². The van der Waals surface area contributed by atoms with Crippen LogP contribution in [0.25, 0.3) is 0 Å². The van der Waals surface area contributed by atoms with Gasteiger partial charge in [0.25, 0.3) is 0 Å². The van der Waals surface area contributed by atoms with Crippen LogP contribution in [0.1, 0.15) is 18.4 Å². The second kappa shape index (κ2) is 6.11. The van der Waals surface area contributed by atoms with Gasteiger partial charge in [0, 0.05) is 25.9 Å². The van der Waals surface area contributed by atoms with E-state index in [1.807, 2.05) is 0 Å². The monoisotopic (exact) mass is 298 g/mol. The highest BCUT2D eigenvalue weighted by molar-refractivity contribution is 7.89. The first-order chi connectivity index (χ1) is 9.46. The van der Waals surface area contributed by atoms with E-state index in [1.54, 1.807) is 36.5 Å². The van der Waals surface area contributed by atoms with Crippen LogP contribution in [0.4, 0.5) is 5.69 Å². The molecule has 1 atom stereocenters. The van der Waals surface area contributed by atoms with Crippen molar-refractivity contribution in [1.82, 2.24) is 4.31 Å². The highest BCUT2D eigenvalue weighted by atomic mass is 32.2. The number of hydrogen-bond acceptors (Lipinski definition) is 4. The normalized spacial score (nSPS) is 21.0. The highest BCUT2D eigenvalue weighted by Crippen LogP contribution is 2.27. The molecule has 20 heavy (non-hydrogen) atoms. The smallest absolute Gasteiger partial charge is 0.243 e. The minimum Gasteiger partial charge on any atom is -0.398 e. The van der Waals surface area contributed by atoms with Crippen molar-refractivity contribution in [3.05, 3.63) is 23.8 Å². The number of nitrogen functional groups attached to an aromatic ring is 1. The summed E-state index contributed by atoms with van der Waals surface area (Å²) in [5.41, 5.74) is 6.96. The zero-order valence-electron chi connectivity index (χ0n) is 12.0. The number of nitrogens with two attached hydrogens (primary N) is 1. The molecule has 0 saturated carbocycles. The lowest BCUT2D eigenvalue weighted by molar-refractivity contribution is 0.118. The summed E-state index contributed by atoms with van der Waals surface area (Å²) >= 11 is 0. The molecule has 1 aliphatic rings. The van der Waals surface area contributed by atoms with Gasteiger partial charge in [0.15, 0.2) is 0 Å². The van der Waals surface area contributed by atoms with Crippen molar-refractivity contribution < 1.29 is 13.2 Å². The highest BCUT2D eigenvalue weighted by Gasteiger charge is 2.31. The summed E-state index contributed by atoms with van der Waals surface area (Å²) in [7, 11) is -1.82. The van der Waals surface area contributed by atoms with E-state index in [0.29, 0.717) is 35.8 Å². The molecule has 6 heteroatoms. The minimum atomic E-state index is -3.47. The van der Waals surface area contributed by atoms with Crippen molar-refractivity contribution in [1.29, 1.82) is 0 Å². The van der Waals surface area contributed by atoms with Crippen molar-refractivity contribution in [2.24, 2.45) is 5.92 Å². The molecular weight excluding hydrogens is 276 g/mol. The zero-order valence-corrected chi connectivity index (χ0v) is 12.8. The Morgan fingerprint density at radius 3 is 2.90 bits per heavy atom. The Morgan fingerprint density at radius 1 is 1.45 bits per heavy atom. The van der Waals surface area contributed by atoms with Crippen molar-refractivity contribution >= 4 is 15.7 Å². The number of hydrogen-bond donors (Lipinski definition) is 1. The van der Waals surface area contributed by atoms with Gasteiger partial charge in [-0.3, -0.25) is 0 Å².